The Bertz CT molecular complexity index is 259. The summed E-state index contributed by atoms with van der Waals surface area (Å²) in [5.41, 5.74) is 1.22. The third kappa shape index (κ3) is 1.58. The van der Waals surface area contributed by atoms with Crippen molar-refractivity contribution in [3.8, 4) is 0 Å². The maximum Gasteiger partial charge on any atom is 0.384 e. The standard InChI is InChI=1S/C10H14O2/c1-7-5-9(11-3)10(12-4)6-8(7)2/h5-6H,1-4H3/q+1. The zero-order chi connectivity index (χ0) is 9.14. The first-order chi connectivity index (χ1) is 5.69. The van der Waals surface area contributed by atoms with Gasteiger partial charge in [-0.3, -0.25) is 4.42 Å². The smallest absolute Gasteiger partial charge is 0.384 e. The van der Waals surface area contributed by atoms with E-state index in [-0.39, 0.29) is 0 Å². The molecular formula is C10H14O2+. The van der Waals surface area contributed by atoms with Crippen LogP contribution < -0.4 is 0 Å². The molecule has 0 fully saturated rings. The molecule has 65 valence electrons. The Kier molecular flexibility index (Phi) is 2.69. The van der Waals surface area contributed by atoms with Crippen molar-refractivity contribution < 1.29 is 9.16 Å². The predicted molar refractivity (Wildman–Crippen MR) is 48.7 cm³/mol. The zero-order valence-electron chi connectivity index (χ0n) is 7.97. The molecule has 2 nitrogen and oxygen atoms in total. The van der Waals surface area contributed by atoms with Gasteiger partial charge < -0.3 is 4.74 Å². The van der Waals surface area contributed by atoms with Crippen LogP contribution in [0.1, 0.15) is 13.8 Å². The van der Waals surface area contributed by atoms with Gasteiger partial charge in [-0.2, -0.15) is 0 Å². The number of hydrogen-bond acceptors (Lipinski definition) is 1. The lowest BCUT2D eigenvalue weighted by atomic mass is 9.95. The summed E-state index contributed by atoms with van der Waals surface area (Å²) in [4.78, 5) is 0. The first-order valence-corrected chi connectivity index (χ1v) is 3.88. The third-order valence-electron chi connectivity index (χ3n) is 2.00. The fraction of sp³-hybridized carbons (Fsp3) is 0.400. The van der Waals surface area contributed by atoms with Crippen LogP contribution in [0.3, 0.4) is 0 Å². The van der Waals surface area contributed by atoms with Crippen LogP contribution in [0, 0.1) is 5.92 Å². The molecule has 0 spiro atoms. The Labute approximate surface area is 73.2 Å². The monoisotopic (exact) mass is 166 g/mol. The molecule has 0 unspecified atom stereocenters. The van der Waals surface area contributed by atoms with Crippen molar-refractivity contribution >= 4 is 5.78 Å². The fourth-order valence-corrected chi connectivity index (χ4v) is 1.08. The second-order valence-electron chi connectivity index (χ2n) is 2.79. The van der Waals surface area contributed by atoms with Crippen LogP contribution in [0.4, 0.5) is 0 Å². The number of hydrogen-bond donors (Lipinski definition) is 0. The SMILES string of the molecule is COC1=C[C](C)C(C)=CC1=[O+]C. The highest BCUT2D eigenvalue weighted by molar-refractivity contribution is 6.05. The molecule has 0 bridgehead atoms. The molecule has 0 N–H and O–H groups in total. The van der Waals surface area contributed by atoms with Gasteiger partial charge in [-0.05, 0) is 13.0 Å². The minimum Gasteiger partial charge on any atom is -0.489 e. The van der Waals surface area contributed by atoms with Crippen LogP contribution in [0.2, 0.25) is 0 Å². The zero-order valence-corrected chi connectivity index (χ0v) is 7.97. The molecule has 0 saturated carbocycles. The van der Waals surface area contributed by atoms with Crippen LogP contribution >= 0.6 is 0 Å². The third-order valence-corrected chi connectivity index (χ3v) is 2.00. The van der Waals surface area contributed by atoms with Crippen molar-refractivity contribution in [1.82, 2.24) is 0 Å². The summed E-state index contributed by atoms with van der Waals surface area (Å²) in [6.07, 6.45) is 3.96. The summed E-state index contributed by atoms with van der Waals surface area (Å²) in [7, 11) is 3.29. The Morgan fingerprint density at radius 1 is 1.25 bits per heavy atom. The molecule has 0 aromatic carbocycles. The molecule has 1 aliphatic carbocycles. The maximum atomic E-state index is 5.15. The first kappa shape index (κ1) is 9.04. The molecule has 2 heteroatoms. The molecule has 1 aliphatic rings. The Morgan fingerprint density at radius 2 is 1.92 bits per heavy atom. The van der Waals surface area contributed by atoms with Gasteiger partial charge in [0, 0.05) is 12.0 Å². The lowest BCUT2D eigenvalue weighted by Crippen LogP contribution is -2.12. The highest BCUT2D eigenvalue weighted by Gasteiger charge is 2.23. The number of ketones is 1. The van der Waals surface area contributed by atoms with Gasteiger partial charge >= 0.3 is 5.78 Å². The average Bonchev–Trinajstić information content (AvgIpc) is 2.09. The van der Waals surface area contributed by atoms with Gasteiger partial charge in [-0.25, -0.2) is 0 Å². The van der Waals surface area contributed by atoms with Gasteiger partial charge in [0.05, 0.1) is 7.11 Å². The molecule has 0 atom stereocenters. The van der Waals surface area contributed by atoms with Crippen LogP contribution in [0.25, 0.3) is 0 Å². The quantitative estimate of drug-likeness (QED) is 0.544. The topological polar surface area (TPSA) is 20.5 Å². The highest BCUT2D eigenvalue weighted by Crippen LogP contribution is 2.22. The van der Waals surface area contributed by atoms with Crippen molar-refractivity contribution in [2.24, 2.45) is 0 Å². The van der Waals surface area contributed by atoms with Gasteiger partial charge in [0.25, 0.3) is 7.11 Å². The Hall–Kier alpha value is -1.05. The summed E-state index contributed by atoms with van der Waals surface area (Å²) in [6.45, 7) is 4.11. The van der Waals surface area contributed by atoms with Gasteiger partial charge in [0.2, 0.25) is 5.76 Å². The van der Waals surface area contributed by atoms with Gasteiger partial charge in [0.15, 0.2) is 0 Å². The number of methoxy groups -OCH3 is 1. The van der Waals surface area contributed by atoms with Gasteiger partial charge in [-0.1, -0.05) is 12.5 Å². The van der Waals surface area contributed by atoms with Crippen LogP contribution in [0.15, 0.2) is 23.5 Å². The van der Waals surface area contributed by atoms with E-state index < -0.39 is 0 Å². The first-order valence-electron chi connectivity index (χ1n) is 3.88. The number of rotatable bonds is 1. The number of ether oxygens (including phenoxy) is 1. The van der Waals surface area contributed by atoms with Crippen molar-refractivity contribution in [3.63, 3.8) is 0 Å². The van der Waals surface area contributed by atoms with E-state index in [1.807, 2.05) is 12.2 Å². The summed E-state index contributed by atoms with van der Waals surface area (Å²) in [6, 6.07) is 0. The van der Waals surface area contributed by atoms with E-state index in [0.29, 0.717) is 0 Å². The van der Waals surface area contributed by atoms with Gasteiger partial charge in [0.1, 0.15) is 0 Å². The Balaban J connectivity index is 2.97. The van der Waals surface area contributed by atoms with Crippen molar-refractivity contribution in [2.45, 2.75) is 13.8 Å². The predicted octanol–water partition coefficient (Wildman–Crippen LogP) is 1.81. The van der Waals surface area contributed by atoms with Crippen molar-refractivity contribution in [1.29, 1.82) is 0 Å². The molecule has 1 radical (unpaired) electrons. The van der Waals surface area contributed by atoms with E-state index in [2.05, 4.69) is 13.8 Å². The number of carbonyl (C=O) groups excluding carboxylic acids is 1. The molecule has 0 heterocycles. The molecule has 0 aromatic rings. The van der Waals surface area contributed by atoms with Crippen LogP contribution in [-0.2, 0) is 9.16 Å². The van der Waals surface area contributed by atoms with E-state index in [4.69, 9.17) is 9.16 Å². The summed E-state index contributed by atoms with van der Waals surface area (Å²) in [5, 5.41) is 0. The van der Waals surface area contributed by atoms with Crippen LogP contribution in [-0.4, -0.2) is 20.0 Å². The lowest BCUT2D eigenvalue weighted by molar-refractivity contribution is -0.419. The summed E-state index contributed by atoms with van der Waals surface area (Å²) in [5.74, 6) is 2.80. The molecule has 0 amide bonds. The maximum absolute atomic E-state index is 5.15. The fourth-order valence-electron chi connectivity index (χ4n) is 1.08. The minimum absolute atomic E-state index is 0.792. The number of allylic oxidation sites excluding steroid dienone is 3. The van der Waals surface area contributed by atoms with E-state index in [1.54, 1.807) is 14.2 Å². The summed E-state index contributed by atoms with van der Waals surface area (Å²) < 4.78 is 10.3. The average molecular weight is 166 g/mol. The minimum atomic E-state index is 0.792. The normalized spacial score (nSPS) is 22.2. The molecule has 0 aromatic heterocycles. The van der Waals surface area contributed by atoms with E-state index in [9.17, 15) is 0 Å². The molecule has 12 heavy (non-hydrogen) atoms. The summed E-state index contributed by atoms with van der Waals surface area (Å²) >= 11 is 0. The molecular weight excluding hydrogens is 152 g/mol. The van der Waals surface area contributed by atoms with Gasteiger partial charge in [-0.15, -0.1) is 0 Å². The second kappa shape index (κ2) is 3.57. The molecule has 0 aliphatic heterocycles. The lowest BCUT2D eigenvalue weighted by Gasteiger charge is -2.11. The molecule has 0 saturated heterocycles. The van der Waals surface area contributed by atoms with E-state index in [0.717, 1.165) is 11.5 Å². The van der Waals surface area contributed by atoms with E-state index >= 15 is 0 Å². The van der Waals surface area contributed by atoms with E-state index in [1.165, 1.54) is 11.5 Å². The van der Waals surface area contributed by atoms with Crippen molar-refractivity contribution in [3.05, 3.63) is 29.4 Å². The largest absolute Gasteiger partial charge is 0.489 e. The second-order valence-corrected chi connectivity index (χ2v) is 2.79. The molecule has 1 rings (SSSR count). The van der Waals surface area contributed by atoms with Crippen molar-refractivity contribution in [2.75, 3.05) is 14.2 Å². The Morgan fingerprint density at radius 3 is 2.42 bits per heavy atom. The van der Waals surface area contributed by atoms with Crippen LogP contribution in [0.5, 0.6) is 0 Å². The highest BCUT2D eigenvalue weighted by atomic mass is 16.5.